The molecule has 8 heteroatoms. The second kappa shape index (κ2) is 7.77. The summed E-state index contributed by atoms with van der Waals surface area (Å²) in [5.41, 5.74) is 0. The molecule has 0 heterocycles. The molecular formula is C13H18BrNO5S. The Bertz CT molecular complexity index is 603. The lowest BCUT2D eigenvalue weighted by Gasteiger charge is -2.14. The Morgan fingerprint density at radius 3 is 2.62 bits per heavy atom. The summed E-state index contributed by atoms with van der Waals surface area (Å²) in [4.78, 5) is 10.9. The van der Waals surface area contributed by atoms with Gasteiger partial charge in [0.1, 0.15) is 10.6 Å². The molecule has 0 radical (unpaired) electrons. The minimum absolute atomic E-state index is 0.0148. The van der Waals surface area contributed by atoms with Gasteiger partial charge in [0.05, 0.1) is 12.5 Å². The molecule has 0 fully saturated rings. The SMILES string of the molecule is CCOc1ccc(Br)cc1S(=O)(=O)NCC(CC)C(=O)O. The molecule has 1 atom stereocenters. The Hall–Kier alpha value is -1.12. The highest BCUT2D eigenvalue weighted by Gasteiger charge is 2.23. The van der Waals surface area contributed by atoms with Crippen molar-refractivity contribution >= 4 is 31.9 Å². The van der Waals surface area contributed by atoms with Crippen LogP contribution in [0.5, 0.6) is 5.75 Å². The highest BCUT2D eigenvalue weighted by Crippen LogP contribution is 2.27. The van der Waals surface area contributed by atoms with Crippen LogP contribution in [0.3, 0.4) is 0 Å². The standard InChI is InChI=1S/C13H18BrNO5S/c1-3-9(13(16)17)8-15-21(18,19)12-7-10(14)5-6-11(12)20-4-2/h5-7,9,15H,3-4,8H2,1-2H3,(H,16,17). The van der Waals surface area contributed by atoms with Crippen LogP contribution in [0, 0.1) is 5.92 Å². The van der Waals surface area contributed by atoms with E-state index in [0.29, 0.717) is 17.5 Å². The molecule has 0 spiro atoms. The van der Waals surface area contributed by atoms with Gasteiger partial charge < -0.3 is 9.84 Å². The smallest absolute Gasteiger partial charge is 0.307 e. The summed E-state index contributed by atoms with van der Waals surface area (Å²) in [6.45, 7) is 3.62. The number of carboxylic acids is 1. The Labute approximate surface area is 132 Å². The number of sulfonamides is 1. The molecule has 0 bridgehead atoms. The second-order valence-corrected chi connectivity index (χ2v) is 6.97. The lowest BCUT2D eigenvalue weighted by atomic mass is 10.1. The van der Waals surface area contributed by atoms with Crippen molar-refractivity contribution in [2.24, 2.45) is 5.92 Å². The van der Waals surface area contributed by atoms with Crippen LogP contribution in [0.15, 0.2) is 27.6 Å². The van der Waals surface area contributed by atoms with E-state index >= 15 is 0 Å². The third-order valence-electron chi connectivity index (χ3n) is 2.86. The van der Waals surface area contributed by atoms with E-state index in [9.17, 15) is 13.2 Å². The van der Waals surface area contributed by atoms with Gasteiger partial charge in [-0.3, -0.25) is 4.79 Å². The molecule has 2 N–H and O–H groups in total. The molecule has 1 unspecified atom stereocenters. The minimum atomic E-state index is -3.84. The average Bonchev–Trinajstić information content (AvgIpc) is 2.41. The van der Waals surface area contributed by atoms with Crippen molar-refractivity contribution in [3.05, 3.63) is 22.7 Å². The number of carbonyl (C=O) groups is 1. The molecule has 118 valence electrons. The van der Waals surface area contributed by atoms with Crippen LogP contribution in [-0.4, -0.2) is 32.6 Å². The summed E-state index contributed by atoms with van der Waals surface area (Å²) in [6.07, 6.45) is 0.342. The molecule has 21 heavy (non-hydrogen) atoms. The van der Waals surface area contributed by atoms with Crippen molar-refractivity contribution in [2.45, 2.75) is 25.2 Å². The van der Waals surface area contributed by atoms with Crippen LogP contribution in [0.25, 0.3) is 0 Å². The largest absolute Gasteiger partial charge is 0.492 e. The van der Waals surface area contributed by atoms with Gasteiger partial charge in [0, 0.05) is 11.0 Å². The molecule has 0 amide bonds. The van der Waals surface area contributed by atoms with Crippen LogP contribution in [0.1, 0.15) is 20.3 Å². The van der Waals surface area contributed by atoms with Gasteiger partial charge in [-0.2, -0.15) is 0 Å². The fraction of sp³-hybridized carbons (Fsp3) is 0.462. The fourth-order valence-corrected chi connectivity index (χ4v) is 3.42. The number of benzene rings is 1. The van der Waals surface area contributed by atoms with Crippen molar-refractivity contribution in [1.29, 1.82) is 0 Å². The third kappa shape index (κ3) is 4.98. The number of nitrogens with one attached hydrogen (secondary N) is 1. The maximum Gasteiger partial charge on any atom is 0.307 e. The number of aliphatic carboxylic acids is 1. The molecule has 0 aliphatic rings. The molecule has 0 aliphatic carbocycles. The first-order chi connectivity index (χ1) is 9.81. The van der Waals surface area contributed by atoms with Crippen LogP contribution in [0.2, 0.25) is 0 Å². The molecule has 0 saturated carbocycles. The van der Waals surface area contributed by atoms with Crippen molar-refractivity contribution in [1.82, 2.24) is 4.72 Å². The first-order valence-corrected chi connectivity index (χ1v) is 8.74. The Kier molecular flexibility index (Phi) is 6.63. The summed E-state index contributed by atoms with van der Waals surface area (Å²) in [5.74, 6) is -1.56. The van der Waals surface area contributed by atoms with E-state index in [2.05, 4.69) is 20.7 Å². The molecule has 1 aromatic rings. The quantitative estimate of drug-likeness (QED) is 0.722. The number of hydrogen-bond acceptors (Lipinski definition) is 4. The van der Waals surface area contributed by atoms with E-state index in [1.165, 1.54) is 6.07 Å². The van der Waals surface area contributed by atoms with Gasteiger partial charge in [-0.25, -0.2) is 13.1 Å². The van der Waals surface area contributed by atoms with Gasteiger partial charge in [-0.1, -0.05) is 22.9 Å². The number of rotatable bonds is 8. The zero-order valence-electron chi connectivity index (χ0n) is 11.8. The van der Waals surface area contributed by atoms with Gasteiger partial charge in [-0.05, 0) is 31.5 Å². The number of carboxylic acid groups (broad SMARTS) is 1. The predicted molar refractivity (Wildman–Crippen MR) is 81.9 cm³/mol. The monoisotopic (exact) mass is 379 g/mol. The molecule has 0 saturated heterocycles. The summed E-state index contributed by atoms with van der Waals surface area (Å²) in [5, 5.41) is 8.96. The van der Waals surface area contributed by atoms with Gasteiger partial charge >= 0.3 is 5.97 Å². The lowest BCUT2D eigenvalue weighted by Crippen LogP contribution is -2.32. The summed E-state index contributed by atoms with van der Waals surface area (Å²) in [6, 6.07) is 4.65. The molecule has 0 aromatic heterocycles. The van der Waals surface area contributed by atoms with Crippen LogP contribution < -0.4 is 9.46 Å². The van der Waals surface area contributed by atoms with Gasteiger partial charge in [0.15, 0.2) is 0 Å². The van der Waals surface area contributed by atoms with Crippen molar-refractivity contribution in [3.63, 3.8) is 0 Å². The highest BCUT2D eigenvalue weighted by molar-refractivity contribution is 9.10. The lowest BCUT2D eigenvalue weighted by molar-refractivity contribution is -0.141. The first-order valence-electron chi connectivity index (χ1n) is 6.46. The van der Waals surface area contributed by atoms with Gasteiger partial charge in [0.25, 0.3) is 0 Å². The Balaban J connectivity index is 3.02. The van der Waals surface area contributed by atoms with Crippen LogP contribution >= 0.6 is 15.9 Å². The average molecular weight is 380 g/mol. The summed E-state index contributed by atoms with van der Waals surface area (Å²) >= 11 is 3.21. The van der Waals surface area contributed by atoms with Gasteiger partial charge in [0.2, 0.25) is 10.0 Å². The van der Waals surface area contributed by atoms with E-state index < -0.39 is 21.9 Å². The zero-order chi connectivity index (χ0) is 16.0. The molecule has 6 nitrogen and oxygen atoms in total. The number of hydrogen-bond donors (Lipinski definition) is 2. The highest BCUT2D eigenvalue weighted by atomic mass is 79.9. The fourth-order valence-electron chi connectivity index (χ4n) is 1.66. The molecule has 0 aliphatic heterocycles. The first kappa shape index (κ1) is 17.9. The van der Waals surface area contributed by atoms with Crippen LogP contribution in [-0.2, 0) is 14.8 Å². The Morgan fingerprint density at radius 2 is 2.10 bits per heavy atom. The van der Waals surface area contributed by atoms with Crippen LogP contribution in [0.4, 0.5) is 0 Å². The van der Waals surface area contributed by atoms with Crippen molar-refractivity contribution in [2.75, 3.05) is 13.2 Å². The second-order valence-electron chi connectivity index (χ2n) is 4.32. The third-order valence-corrected chi connectivity index (χ3v) is 4.79. The van der Waals surface area contributed by atoms with E-state index in [1.54, 1.807) is 26.0 Å². The maximum absolute atomic E-state index is 12.3. The number of halogens is 1. The Morgan fingerprint density at radius 1 is 1.43 bits per heavy atom. The van der Waals surface area contributed by atoms with E-state index in [0.717, 1.165) is 0 Å². The zero-order valence-corrected chi connectivity index (χ0v) is 14.2. The predicted octanol–water partition coefficient (Wildman–Crippen LogP) is 2.24. The van der Waals surface area contributed by atoms with Crippen molar-refractivity contribution in [3.8, 4) is 5.75 Å². The molecule has 1 rings (SSSR count). The topological polar surface area (TPSA) is 92.7 Å². The van der Waals surface area contributed by atoms with E-state index in [-0.39, 0.29) is 17.2 Å². The van der Waals surface area contributed by atoms with Crippen molar-refractivity contribution < 1.29 is 23.1 Å². The minimum Gasteiger partial charge on any atom is -0.492 e. The van der Waals surface area contributed by atoms with Gasteiger partial charge in [-0.15, -0.1) is 0 Å². The molecular weight excluding hydrogens is 362 g/mol. The normalized spacial score (nSPS) is 12.9. The van der Waals surface area contributed by atoms with E-state index in [1.807, 2.05) is 0 Å². The maximum atomic E-state index is 12.3. The summed E-state index contributed by atoms with van der Waals surface area (Å²) in [7, 11) is -3.84. The number of ether oxygens (including phenoxy) is 1. The summed E-state index contributed by atoms with van der Waals surface area (Å²) < 4.78 is 32.9. The molecule has 1 aromatic carbocycles. The van der Waals surface area contributed by atoms with E-state index in [4.69, 9.17) is 9.84 Å².